The number of nitrogens with one attached hydrogen (secondary N) is 1. The molecule has 0 radical (unpaired) electrons. The molecule has 1 amide bonds. The molecule has 9 heteroatoms. The quantitative estimate of drug-likeness (QED) is 0.710. The third kappa shape index (κ3) is 5.61. The van der Waals surface area contributed by atoms with Crippen LogP contribution < -0.4 is 5.32 Å². The van der Waals surface area contributed by atoms with Crippen molar-refractivity contribution in [2.45, 2.75) is 24.8 Å². The molecule has 2 rings (SSSR count). The van der Waals surface area contributed by atoms with Crippen LogP contribution in [0.1, 0.15) is 12.5 Å². The van der Waals surface area contributed by atoms with Crippen LogP contribution >= 0.6 is 0 Å². The maximum atomic E-state index is 13.0. The van der Waals surface area contributed by atoms with Crippen LogP contribution in [-0.4, -0.2) is 44.3 Å². The van der Waals surface area contributed by atoms with Gasteiger partial charge in [-0.15, -0.1) is 0 Å². The van der Waals surface area contributed by atoms with Crippen LogP contribution in [0.3, 0.4) is 0 Å². The number of anilines is 1. The predicted molar refractivity (Wildman–Crippen MR) is 102 cm³/mol. The highest BCUT2D eigenvalue weighted by atomic mass is 32.2. The van der Waals surface area contributed by atoms with E-state index in [-0.39, 0.29) is 4.90 Å². The molecule has 1 atom stereocenters. The summed E-state index contributed by atoms with van der Waals surface area (Å²) >= 11 is 0. The van der Waals surface area contributed by atoms with Crippen LogP contribution in [0.25, 0.3) is 0 Å². The third-order valence-corrected chi connectivity index (χ3v) is 5.69. The Labute approximate surface area is 163 Å². The number of hydrogen-bond acceptors (Lipinski definition) is 5. The van der Waals surface area contributed by atoms with Crippen LogP contribution in [0, 0.1) is 12.7 Å². The lowest BCUT2D eigenvalue weighted by atomic mass is 10.2. The number of sulfonamides is 1. The number of aryl methyl sites for hydroxylation is 1. The van der Waals surface area contributed by atoms with Crippen molar-refractivity contribution in [1.82, 2.24) is 4.31 Å². The van der Waals surface area contributed by atoms with Gasteiger partial charge >= 0.3 is 5.97 Å². The van der Waals surface area contributed by atoms with Gasteiger partial charge in [-0.05, 0) is 50.2 Å². The summed E-state index contributed by atoms with van der Waals surface area (Å²) in [4.78, 5) is 24.0. The number of carbonyl (C=O) groups excluding carboxylic acids is 2. The van der Waals surface area contributed by atoms with Crippen molar-refractivity contribution in [3.05, 3.63) is 59.9 Å². The maximum absolute atomic E-state index is 13.0. The van der Waals surface area contributed by atoms with Gasteiger partial charge in [-0.25, -0.2) is 12.8 Å². The molecule has 0 fully saturated rings. The Balaban J connectivity index is 1.93. The number of nitrogens with zero attached hydrogens (tertiary/aromatic N) is 1. The zero-order chi connectivity index (χ0) is 20.9. The molecule has 0 aliphatic heterocycles. The Bertz CT molecular complexity index is 943. The SMILES string of the molecule is Cc1ccc(NC(=O)[C@@H](C)OC(=O)CN(C)S(=O)(=O)c2ccc(F)cc2)cc1. The molecule has 0 saturated carbocycles. The van der Waals surface area contributed by atoms with Crippen molar-refractivity contribution in [3.63, 3.8) is 0 Å². The maximum Gasteiger partial charge on any atom is 0.322 e. The fourth-order valence-corrected chi connectivity index (χ4v) is 3.34. The highest BCUT2D eigenvalue weighted by molar-refractivity contribution is 7.89. The molecule has 0 aliphatic rings. The fraction of sp³-hybridized carbons (Fsp3) is 0.263. The van der Waals surface area contributed by atoms with Crippen molar-refractivity contribution in [2.75, 3.05) is 18.9 Å². The molecule has 0 aromatic heterocycles. The Kier molecular flexibility index (Phi) is 6.87. The Morgan fingerprint density at radius 1 is 1.11 bits per heavy atom. The fourth-order valence-electron chi connectivity index (χ4n) is 2.22. The molecule has 2 aromatic carbocycles. The number of esters is 1. The van der Waals surface area contributed by atoms with Crippen LogP contribution in [0.4, 0.5) is 10.1 Å². The van der Waals surface area contributed by atoms with Crippen molar-refractivity contribution in [2.24, 2.45) is 0 Å². The Hall–Kier alpha value is -2.78. The average Bonchev–Trinajstić information content (AvgIpc) is 2.63. The Morgan fingerprint density at radius 2 is 1.68 bits per heavy atom. The predicted octanol–water partition coefficient (Wildman–Crippen LogP) is 2.33. The first-order valence-electron chi connectivity index (χ1n) is 8.38. The number of carbonyl (C=O) groups is 2. The van der Waals surface area contributed by atoms with Gasteiger partial charge in [0.1, 0.15) is 12.4 Å². The van der Waals surface area contributed by atoms with Gasteiger partial charge in [-0.2, -0.15) is 4.31 Å². The molecule has 0 aliphatic carbocycles. The highest BCUT2D eigenvalue weighted by Gasteiger charge is 2.25. The number of halogens is 1. The number of benzene rings is 2. The van der Waals surface area contributed by atoms with E-state index in [0.717, 1.165) is 34.1 Å². The van der Waals surface area contributed by atoms with E-state index in [4.69, 9.17) is 4.74 Å². The molecular formula is C19H21FN2O5S. The minimum absolute atomic E-state index is 0.158. The molecule has 0 unspecified atom stereocenters. The summed E-state index contributed by atoms with van der Waals surface area (Å²) in [7, 11) is -2.80. The van der Waals surface area contributed by atoms with Crippen LogP contribution in [0.15, 0.2) is 53.4 Å². The van der Waals surface area contributed by atoms with Gasteiger partial charge in [-0.1, -0.05) is 17.7 Å². The van der Waals surface area contributed by atoms with Crippen molar-refractivity contribution in [1.29, 1.82) is 0 Å². The molecular weight excluding hydrogens is 387 g/mol. The summed E-state index contributed by atoms with van der Waals surface area (Å²) in [6.07, 6.45) is -1.12. The van der Waals surface area contributed by atoms with Gasteiger partial charge in [0.2, 0.25) is 10.0 Å². The van der Waals surface area contributed by atoms with Gasteiger partial charge in [-0.3, -0.25) is 9.59 Å². The highest BCUT2D eigenvalue weighted by Crippen LogP contribution is 2.15. The second kappa shape index (κ2) is 8.94. The van der Waals surface area contributed by atoms with Crippen molar-refractivity contribution >= 4 is 27.6 Å². The van der Waals surface area contributed by atoms with Gasteiger partial charge in [0.05, 0.1) is 4.90 Å². The smallest absolute Gasteiger partial charge is 0.322 e. The first-order valence-corrected chi connectivity index (χ1v) is 9.82. The zero-order valence-corrected chi connectivity index (χ0v) is 16.5. The number of likely N-dealkylation sites (N-methyl/N-ethyl adjacent to an activating group) is 1. The molecule has 28 heavy (non-hydrogen) atoms. The first kappa shape index (κ1) is 21.5. The van der Waals surface area contributed by atoms with Gasteiger partial charge in [0, 0.05) is 12.7 Å². The van der Waals surface area contributed by atoms with E-state index in [2.05, 4.69) is 5.32 Å². The molecule has 150 valence electrons. The van der Waals surface area contributed by atoms with Crippen LogP contribution in [0.2, 0.25) is 0 Å². The zero-order valence-electron chi connectivity index (χ0n) is 15.7. The molecule has 7 nitrogen and oxygen atoms in total. The molecule has 0 heterocycles. The molecule has 0 spiro atoms. The number of hydrogen-bond donors (Lipinski definition) is 1. The van der Waals surface area contributed by atoms with Crippen LogP contribution in [-0.2, 0) is 24.3 Å². The summed E-state index contributed by atoms with van der Waals surface area (Å²) in [5, 5.41) is 2.61. The summed E-state index contributed by atoms with van der Waals surface area (Å²) in [6.45, 7) is 2.70. The van der Waals surface area contributed by atoms with E-state index in [9.17, 15) is 22.4 Å². The molecule has 1 N–H and O–H groups in total. The number of ether oxygens (including phenoxy) is 1. The number of rotatable bonds is 7. The standard InChI is InChI=1S/C19H21FN2O5S/c1-13-4-8-16(9-5-13)21-19(24)14(2)27-18(23)12-22(3)28(25,26)17-10-6-15(20)7-11-17/h4-11,14H,12H2,1-3H3,(H,21,24)/t14-/m1/s1. The molecule has 0 saturated heterocycles. The van der Waals surface area contributed by atoms with Crippen molar-refractivity contribution in [3.8, 4) is 0 Å². The topological polar surface area (TPSA) is 92.8 Å². The van der Waals surface area contributed by atoms with E-state index in [0.29, 0.717) is 5.69 Å². The second-order valence-electron chi connectivity index (χ2n) is 6.20. The van der Waals surface area contributed by atoms with Gasteiger partial charge in [0.25, 0.3) is 5.91 Å². The summed E-state index contributed by atoms with van der Waals surface area (Å²) < 4.78 is 43.5. The lowest BCUT2D eigenvalue weighted by Gasteiger charge is -2.18. The summed E-state index contributed by atoms with van der Waals surface area (Å²) in [6, 6.07) is 11.3. The molecule has 0 bridgehead atoms. The second-order valence-corrected chi connectivity index (χ2v) is 8.25. The third-order valence-electron chi connectivity index (χ3n) is 3.87. The normalized spacial score (nSPS) is 12.5. The van der Waals surface area contributed by atoms with E-state index in [1.807, 2.05) is 19.1 Å². The minimum Gasteiger partial charge on any atom is -0.452 e. The summed E-state index contributed by atoms with van der Waals surface area (Å²) in [5.41, 5.74) is 1.58. The average molecular weight is 408 g/mol. The van der Waals surface area contributed by atoms with Crippen LogP contribution in [0.5, 0.6) is 0 Å². The van der Waals surface area contributed by atoms with E-state index in [1.165, 1.54) is 14.0 Å². The minimum atomic E-state index is -3.99. The Morgan fingerprint density at radius 3 is 2.25 bits per heavy atom. The van der Waals surface area contributed by atoms with Gasteiger partial charge < -0.3 is 10.1 Å². The lowest BCUT2D eigenvalue weighted by Crippen LogP contribution is -2.37. The van der Waals surface area contributed by atoms with E-state index >= 15 is 0 Å². The number of amides is 1. The lowest BCUT2D eigenvalue weighted by molar-refractivity contribution is -0.153. The van der Waals surface area contributed by atoms with Gasteiger partial charge in [0.15, 0.2) is 6.10 Å². The van der Waals surface area contributed by atoms with Crippen molar-refractivity contribution < 1.29 is 27.1 Å². The largest absolute Gasteiger partial charge is 0.452 e. The summed E-state index contributed by atoms with van der Waals surface area (Å²) in [5.74, 6) is -2.00. The van der Waals surface area contributed by atoms with E-state index < -0.39 is 40.4 Å². The molecule has 2 aromatic rings. The monoisotopic (exact) mass is 408 g/mol. The van der Waals surface area contributed by atoms with E-state index in [1.54, 1.807) is 12.1 Å². The first-order chi connectivity index (χ1) is 13.1.